The molecule has 1 saturated heterocycles. The molecular formula is C15H19NO. The lowest BCUT2D eigenvalue weighted by atomic mass is 10.0. The Morgan fingerprint density at radius 2 is 2.06 bits per heavy atom. The number of ketones is 1. The highest BCUT2D eigenvalue weighted by atomic mass is 16.1. The van der Waals surface area contributed by atoms with E-state index in [2.05, 4.69) is 11.8 Å². The standard InChI is InChI=1S/C15H19NO/c1-11(15(17)13-5-3-2-4-6-13)16-10-12-7-8-14(16)9-12/h2-6,11-12,14H,7-10H2,1H3. The fraction of sp³-hybridized carbons (Fsp3) is 0.533. The third-order valence-corrected chi connectivity index (χ3v) is 4.39. The van der Waals surface area contributed by atoms with E-state index >= 15 is 0 Å². The molecule has 1 saturated carbocycles. The Morgan fingerprint density at radius 3 is 2.65 bits per heavy atom. The van der Waals surface area contributed by atoms with Gasteiger partial charge in [-0.1, -0.05) is 30.3 Å². The van der Waals surface area contributed by atoms with Crippen LogP contribution in [0.4, 0.5) is 0 Å². The number of piperidine rings is 1. The molecule has 90 valence electrons. The van der Waals surface area contributed by atoms with Gasteiger partial charge in [0.25, 0.3) is 0 Å². The largest absolute Gasteiger partial charge is 0.292 e. The number of likely N-dealkylation sites (tertiary alicyclic amines) is 1. The van der Waals surface area contributed by atoms with Gasteiger partial charge in [-0.25, -0.2) is 0 Å². The average Bonchev–Trinajstić information content (AvgIpc) is 3.00. The molecule has 1 aromatic rings. The molecule has 3 atom stereocenters. The van der Waals surface area contributed by atoms with E-state index in [4.69, 9.17) is 0 Å². The molecule has 2 aliphatic rings. The topological polar surface area (TPSA) is 20.3 Å². The maximum absolute atomic E-state index is 12.4. The quantitative estimate of drug-likeness (QED) is 0.743. The monoisotopic (exact) mass is 229 g/mol. The molecular weight excluding hydrogens is 210 g/mol. The Labute approximate surface area is 103 Å². The van der Waals surface area contributed by atoms with Gasteiger partial charge >= 0.3 is 0 Å². The van der Waals surface area contributed by atoms with Crippen LogP contribution in [0.5, 0.6) is 0 Å². The molecule has 1 aromatic carbocycles. The van der Waals surface area contributed by atoms with Crippen LogP contribution in [0, 0.1) is 5.92 Å². The summed E-state index contributed by atoms with van der Waals surface area (Å²) in [6, 6.07) is 10.4. The Kier molecular flexibility index (Phi) is 2.75. The minimum absolute atomic E-state index is 0.0488. The van der Waals surface area contributed by atoms with Crippen molar-refractivity contribution in [3.8, 4) is 0 Å². The van der Waals surface area contributed by atoms with E-state index in [0.717, 1.165) is 18.0 Å². The summed E-state index contributed by atoms with van der Waals surface area (Å²) in [7, 11) is 0. The third kappa shape index (κ3) is 1.91. The number of carbonyl (C=O) groups is 1. The van der Waals surface area contributed by atoms with E-state index < -0.39 is 0 Å². The van der Waals surface area contributed by atoms with Gasteiger partial charge in [0.2, 0.25) is 0 Å². The number of nitrogens with zero attached hydrogens (tertiary/aromatic N) is 1. The Morgan fingerprint density at radius 1 is 1.29 bits per heavy atom. The van der Waals surface area contributed by atoms with Gasteiger partial charge in [0.15, 0.2) is 5.78 Å². The van der Waals surface area contributed by atoms with Crippen molar-refractivity contribution in [2.75, 3.05) is 6.54 Å². The number of rotatable bonds is 3. The molecule has 1 aliphatic heterocycles. The molecule has 2 fully saturated rings. The lowest BCUT2D eigenvalue weighted by Gasteiger charge is -2.31. The van der Waals surface area contributed by atoms with Crippen LogP contribution in [-0.4, -0.2) is 29.3 Å². The van der Waals surface area contributed by atoms with E-state index in [-0.39, 0.29) is 11.8 Å². The molecule has 0 N–H and O–H groups in total. The van der Waals surface area contributed by atoms with Gasteiger partial charge in [0.1, 0.15) is 0 Å². The van der Waals surface area contributed by atoms with Gasteiger partial charge < -0.3 is 0 Å². The van der Waals surface area contributed by atoms with Crippen LogP contribution in [-0.2, 0) is 0 Å². The molecule has 1 aliphatic carbocycles. The van der Waals surface area contributed by atoms with Crippen molar-refractivity contribution >= 4 is 5.78 Å². The van der Waals surface area contributed by atoms with Crippen molar-refractivity contribution < 1.29 is 4.79 Å². The second kappa shape index (κ2) is 4.26. The maximum Gasteiger partial charge on any atom is 0.179 e. The van der Waals surface area contributed by atoms with Crippen molar-refractivity contribution in [2.45, 2.75) is 38.3 Å². The van der Waals surface area contributed by atoms with Gasteiger partial charge in [-0.3, -0.25) is 9.69 Å². The smallest absolute Gasteiger partial charge is 0.179 e. The zero-order valence-electron chi connectivity index (χ0n) is 10.3. The first-order valence-corrected chi connectivity index (χ1v) is 6.60. The van der Waals surface area contributed by atoms with Crippen LogP contribution >= 0.6 is 0 Å². The predicted molar refractivity (Wildman–Crippen MR) is 68.1 cm³/mol. The van der Waals surface area contributed by atoms with E-state index in [0.29, 0.717) is 6.04 Å². The molecule has 0 aromatic heterocycles. The number of carbonyl (C=O) groups excluding carboxylic acids is 1. The first kappa shape index (κ1) is 11.0. The zero-order valence-corrected chi connectivity index (χ0v) is 10.3. The van der Waals surface area contributed by atoms with E-state index in [9.17, 15) is 4.79 Å². The fourth-order valence-corrected chi connectivity index (χ4v) is 3.43. The summed E-state index contributed by atoms with van der Waals surface area (Å²) in [5.41, 5.74) is 0.850. The van der Waals surface area contributed by atoms with Crippen molar-refractivity contribution in [1.82, 2.24) is 4.90 Å². The molecule has 0 radical (unpaired) electrons. The first-order valence-electron chi connectivity index (χ1n) is 6.60. The first-order chi connectivity index (χ1) is 8.25. The number of benzene rings is 1. The fourth-order valence-electron chi connectivity index (χ4n) is 3.43. The number of Topliss-reactive ketones (excluding diaryl/α,β-unsaturated/α-hetero) is 1. The van der Waals surface area contributed by atoms with Crippen molar-refractivity contribution in [3.05, 3.63) is 35.9 Å². The van der Waals surface area contributed by atoms with Crippen LogP contribution in [0.3, 0.4) is 0 Å². The molecule has 2 heteroatoms. The highest BCUT2D eigenvalue weighted by Gasteiger charge is 2.41. The average molecular weight is 229 g/mol. The highest BCUT2D eigenvalue weighted by molar-refractivity contribution is 5.99. The summed E-state index contributed by atoms with van der Waals surface area (Å²) < 4.78 is 0. The van der Waals surface area contributed by atoms with Gasteiger partial charge in [-0.15, -0.1) is 0 Å². The van der Waals surface area contributed by atoms with Crippen molar-refractivity contribution in [3.63, 3.8) is 0 Å². The molecule has 3 rings (SSSR count). The van der Waals surface area contributed by atoms with Gasteiger partial charge in [0.05, 0.1) is 6.04 Å². The lowest BCUT2D eigenvalue weighted by Crippen LogP contribution is -2.43. The van der Waals surface area contributed by atoms with E-state index in [1.807, 2.05) is 30.3 Å². The number of hydrogen-bond acceptors (Lipinski definition) is 2. The third-order valence-electron chi connectivity index (χ3n) is 4.39. The van der Waals surface area contributed by atoms with Gasteiger partial charge in [-0.05, 0) is 32.1 Å². The second-order valence-electron chi connectivity index (χ2n) is 5.44. The van der Waals surface area contributed by atoms with Gasteiger partial charge in [0, 0.05) is 18.2 Å². The minimum Gasteiger partial charge on any atom is -0.292 e. The predicted octanol–water partition coefficient (Wildman–Crippen LogP) is 2.74. The Bertz CT molecular complexity index is 414. The molecule has 1 heterocycles. The van der Waals surface area contributed by atoms with Crippen LogP contribution < -0.4 is 0 Å². The zero-order chi connectivity index (χ0) is 11.8. The maximum atomic E-state index is 12.4. The Hall–Kier alpha value is -1.15. The van der Waals surface area contributed by atoms with E-state index in [1.54, 1.807) is 0 Å². The number of hydrogen-bond donors (Lipinski definition) is 0. The van der Waals surface area contributed by atoms with Crippen LogP contribution in [0.15, 0.2) is 30.3 Å². The molecule has 3 unspecified atom stereocenters. The lowest BCUT2D eigenvalue weighted by molar-refractivity contribution is 0.0787. The summed E-state index contributed by atoms with van der Waals surface area (Å²) >= 11 is 0. The van der Waals surface area contributed by atoms with Crippen molar-refractivity contribution in [2.24, 2.45) is 5.92 Å². The molecule has 17 heavy (non-hydrogen) atoms. The number of fused-ring (bicyclic) bond motifs is 2. The van der Waals surface area contributed by atoms with Gasteiger partial charge in [-0.2, -0.15) is 0 Å². The van der Waals surface area contributed by atoms with Crippen molar-refractivity contribution in [1.29, 1.82) is 0 Å². The summed E-state index contributed by atoms with van der Waals surface area (Å²) in [5.74, 6) is 1.13. The molecule has 0 spiro atoms. The summed E-state index contributed by atoms with van der Waals surface area (Å²) in [6.07, 6.45) is 3.97. The molecule has 2 nitrogen and oxygen atoms in total. The summed E-state index contributed by atoms with van der Waals surface area (Å²) in [5, 5.41) is 0. The summed E-state index contributed by atoms with van der Waals surface area (Å²) in [4.78, 5) is 14.8. The molecule has 0 amide bonds. The van der Waals surface area contributed by atoms with Crippen LogP contribution in [0.25, 0.3) is 0 Å². The molecule has 2 bridgehead atoms. The van der Waals surface area contributed by atoms with Crippen LogP contribution in [0.1, 0.15) is 36.5 Å². The Balaban J connectivity index is 1.74. The van der Waals surface area contributed by atoms with E-state index in [1.165, 1.54) is 19.3 Å². The second-order valence-corrected chi connectivity index (χ2v) is 5.44. The SMILES string of the molecule is CC(C(=O)c1ccccc1)N1CC2CCC1C2. The van der Waals surface area contributed by atoms with Crippen LogP contribution in [0.2, 0.25) is 0 Å². The highest BCUT2D eigenvalue weighted by Crippen LogP contribution is 2.38. The minimum atomic E-state index is 0.0488. The normalized spacial score (nSPS) is 29.5. The summed E-state index contributed by atoms with van der Waals surface area (Å²) in [6.45, 7) is 3.19.